The molecule has 0 heterocycles. The average Bonchev–Trinajstić information content (AvgIpc) is 2.27. The van der Waals surface area contributed by atoms with E-state index in [0.29, 0.717) is 0 Å². The van der Waals surface area contributed by atoms with E-state index in [1.807, 2.05) is 27.7 Å². The van der Waals surface area contributed by atoms with Gasteiger partial charge in [-0.2, -0.15) is 0 Å². The monoisotopic (exact) mass is 448 g/mol. The second-order valence-corrected chi connectivity index (χ2v) is 4.56. The highest BCUT2D eigenvalue weighted by molar-refractivity contribution is 15.0. The van der Waals surface area contributed by atoms with E-state index in [2.05, 4.69) is 64.2 Å². The lowest BCUT2D eigenvalue weighted by Gasteiger charge is -1.92. The summed E-state index contributed by atoms with van der Waals surface area (Å²) in [7, 11) is 1.11. The van der Waals surface area contributed by atoms with Crippen molar-refractivity contribution in [2.75, 3.05) is 7.11 Å². The Hall–Kier alpha value is 1.64. The van der Waals surface area contributed by atoms with Crippen LogP contribution in [0, 0.1) is 0 Å². The predicted octanol–water partition coefficient (Wildman–Crippen LogP) is 5.86. The molecule has 1 nitrogen and oxygen atoms in total. The van der Waals surface area contributed by atoms with E-state index < -0.39 is 9.04 Å². The summed E-state index contributed by atoms with van der Waals surface area (Å²) in [5.41, 5.74) is 0. The summed E-state index contributed by atoms with van der Waals surface area (Å²) in [6.45, 7) is 16.5. The standard InChI is InChI=1S/C3H10OSi.C3H8.2C2H6.I2/c1-4-5(2)3;1-3-2;3*1-2/h5H,1-3H3;3H2,1-2H3;2*1-2H3;. The quantitative estimate of drug-likeness (QED) is 0.361. The van der Waals surface area contributed by atoms with E-state index in [1.165, 1.54) is 6.42 Å². The van der Waals surface area contributed by atoms with Crippen LogP contribution in [0.25, 0.3) is 0 Å². The topological polar surface area (TPSA) is 9.23 Å². The van der Waals surface area contributed by atoms with Crippen LogP contribution in [-0.2, 0) is 4.43 Å². The zero-order chi connectivity index (χ0) is 13.0. The highest BCUT2D eigenvalue weighted by atomic mass is 128. The van der Waals surface area contributed by atoms with Crippen molar-refractivity contribution in [2.24, 2.45) is 0 Å². The highest BCUT2D eigenvalue weighted by Crippen LogP contribution is 1.89. The summed E-state index contributed by atoms with van der Waals surface area (Å²) in [6, 6.07) is 0. The van der Waals surface area contributed by atoms with Gasteiger partial charge in [-0.25, -0.2) is 0 Å². The minimum absolute atomic E-state index is 0.650. The highest BCUT2D eigenvalue weighted by Gasteiger charge is 1.83. The third kappa shape index (κ3) is 165. The third-order valence-electron chi connectivity index (χ3n) is 0.471. The Balaban J connectivity index is -0.0000000263. The third-order valence-corrected chi connectivity index (χ3v) is 1.41. The first-order valence-corrected chi connectivity index (χ1v) is 14.4. The lowest BCUT2D eigenvalue weighted by Crippen LogP contribution is -2.00. The molecule has 0 N–H and O–H groups in total. The minimum Gasteiger partial charge on any atom is -0.424 e. The Morgan fingerprint density at radius 3 is 1.00 bits per heavy atom. The van der Waals surface area contributed by atoms with Crippen LogP contribution >= 0.6 is 37.2 Å². The lowest BCUT2D eigenvalue weighted by molar-refractivity contribution is 0.430. The van der Waals surface area contributed by atoms with Gasteiger partial charge in [0.1, 0.15) is 0 Å². The molecule has 0 aliphatic rings. The van der Waals surface area contributed by atoms with Crippen molar-refractivity contribution in [3.8, 4) is 0 Å². The maximum Gasteiger partial charge on any atom is 0.170 e. The van der Waals surface area contributed by atoms with Crippen molar-refractivity contribution in [1.29, 1.82) is 0 Å². The molecule has 0 amide bonds. The normalized spacial score (nSPS) is 6.00. The van der Waals surface area contributed by atoms with Gasteiger partial charge in [0.2, 0.25) is 0 Å². The van der Waals surface area contributed by atoms with Crippen molar-refractivity contribution in [2.45, 2.75) is 61.1 Å². The van der Waals surface area contributed by atoms with Crippen LogP contribution in [0.2, 0.25) is 13.1 Å². The fourth-order valence-corrected chi connectivity index (χ4v) is 0. The summed E-state index contributed by atoms with van der Waals surface area (Å²) in [5.74, 6) is 0. The molecule has 14 heavy (non-hydrogen) atoms. The summed E-state index contributed by atoms with van der Waals surface area (Å²) in [4.78, 5) is 0. The van der Waals surface area contributed by atoms with E-state index in [-0.39, 0.29) is 0 Å². The average molecular weight is 448 g/mol. The van der Waals surface area contributed by atoms with Gasteiger partial charge in [-0.05, 0) is 13.1 Å². The largest absolute Gasteiger partial charge is 0.424 e. The Kier molecular flexibility index (Phi) is 131. The second-order valence-electron chi connectivity index (χ2n) is 1.99. The molecular formula is C10H30I2OSi. The number of halogens is 2. The van der Waals surface area contributed by atoms with Crippen molar-refractivity contribution in [1.82, 2.24) is 0 Å². The fourth-order valence-electron chi connectivity index (χ4n) is 0. The Morgan fingerprint density at radius 2 is 1.00 bits per heavy atom. The first-order chi connectivity index (χ1) is 6.68. The van der Waals surface area contributed by atoms with Gasteiger partial charge < -0.3 is 4.43 Å². The summed E-state index contributed by atoms with van der Waals surface area (Å²) >= 11 is 4.24. The molecule has 0 radical (unpaired) electrons. The molecule has 0 aliphatic carbocycles. The SMILES string of the molecule is CC.CC.CCC.CO[SiH](C)C.II. The lowest BCUT2D eigenvalue weighted by atomic mass is 10.6. The minimum atomic E-state index is -0.650. The van der Waals surface area contributed by atoms with E-state index in [0.717, 1.165) is 0 Å². The van der Waals surface area contributed by atoms with Gasteiger partial charge in [-0.1, -0.05) is 48.0 Å². The van der Waals surface area contributed by atoms with Crippen molar-refractivity contribution < 1.29 is 4.43 Å². The molecule has 0 atom stereocenters. The Bertz CT molecular complexity index is 39.3. The predicted molar refractivity (Wildman–Crippen MR) is 92.6 cm³/mol. The molecule has 94 valence electrons. The van der Waals surface area contributed by atoms with Crippen LogP contribution in [0.4, 0.5) is 0 Å². The summed E-state index contributed by atoms with van der Waals surface area (Å²) in [5, 5.41) is 0. The molecule has 0 unspecified atom stereocenters. The first-order valence-electron chi connectivity index (χ1n) is 5.36. The van der Waals surface area contributed by atoms with Crippen LogP contribution in [0.1, 0.15) is 48.0 Å². The molecule has 0 saturated carbocycles. The van der Waals surface area contributed by atoms with Gasteiger partial charge in [-0.15, -0.1) is 0 Å². The van der Waals surface area contributed by atoms with Crippen molar-refractivity contribution >= 4 is 46.3 Å². The first kappa shape index (κ1) is 29.6. The van der Waals surface area contributed by atoms with Gasteiger partial charge >= 0.3 is 0 Å². The molecule has 0 spiro atoms. The van der Waals surface area contributed by atoms with E-state index in [4.69, 9.17) is 4.43 Å². The number of rotatable bonds is 1. The van der Waals surface area contributed by atoms with E-state index in [9.17, 15) is 0 Å². The molecule has 0 aliphatic heterocycles. The van der Waals surface area contributed by atoms with Crippen LogP contribution in [0.15, 0.2) is 0 Å². The molecule has 0 aromatic rings. The molecule has 0 rings (SSSR count). The van der Waals surface area contributed by atoms with E-state index >= 15 is 0 Å². The maximum atomic E-state index is 4.89. The molecule has 0 saturated heterocycles. The van der Waals surface area contributed by atoms with Crippen LogP contribution in [-0.4, -0.2) is 16.2 Å². The number of hydrogen-bond donors (Lipinski definition) is 0. The molecule has 0 fully saturated rings. The molecular weight excluding hydrogens is 418 g/mol. The van der Waals surface area contributed by atoms with Gasteiger partial charge in [-0.3, -0.25) is 0 Å². The van der Waals surface area contributed by atoms with Crippen LogP contribution < -0.4 is 0 Å². The number of hydrogen-bond acceptors (Lipinski definition) is 1. The van der Waals surface area contributed by atoms with Crippen LogP contribution in [0.5, 0.6) is 0 Å². The molecule has 4 heteroatoms. The van der Waals surface area contributed by atoms with Gasteiger partial charge in [0.05, 0.1) is 0 Å². The maximum absolute atomic E-state index is 4.89. The Labute approximate surface area is 118 Å². The Morgan fingerprint density at radius 1 is 0.929 bits per heavy atom. The van der Waals surface area contributed by atoms with Gasteiger partial charge in [0.25, 0.3) is 0 Å². The summed E-state index contributed by atoms with van der Waals surface area (Å²) < 4.78 is 4.89. The summed E-state index contributed by atoms with van der Waals surface area (Å²) in [6.07, 6.45) is 1.25. The fraction of sp³-hybridized carbons (Fsp3) is 1.00. The van der Waals surface area contributed by atoms with Crippen molar-refractivity contribution in [3.05, 3.63) is 0 Å². The second kappa shape index (κ2) is 61.8. The van der Waals surface area contributed by atoms with Crippen molar-refractivity contribution in [3.63, 3.8) is 0 Å². The zero-order valence-electron chi connectivity index (χ0n) is 11.4. The molecule has 0 aromatic heterocycles. The van der Waals surface area contributed by atoms with Gasteiger partial charge in [0, 0.05) is 44.3 Å². The smallest absolute Gasteiger partial charge is 0.170 e. The van der Waals surface area contributed by atoms with Crippen LogP contribution in [0.3, 0.4) is 0 Å². The molecule has 0 aromatic carbocycles. The zero-order valence-corrected chi connectivity index (χ0v) is 16.9. The van der Waals surface area contributed by atoms with Gasteiger partial charge in [0.15, 0.2) is 9.04 Å². The van der Waals surface area contributed by atoms with E-state index in [1.54, 1.807) is 7.11 Å². The molecule has 0 bridgehead atoms.